The second-order valence-electron chi connectivity index (χ2n) is 2.09. The fourth-order valence-electron chi connectivity index (χ4n) is 0.866. The van der Waals surface area contributed by atoms with Gasteiger partial charge >= 0.3 is 17.4 Å². The fourth-order valence-corrected chi connectivity index (χ4v) is 2.60. The quantitative estimate of drug-likeness (QED) is 0.528. The van der Waals surface area contributed by atoms with Gasteiger partial charge in [0.25, 0.3) is 14.1 Å². The van der Waals surface area contributed by atoms with Crippen molar-refractivity contribution < 1.29 is 0 Å². The van der Waals surface area contributed by atoms with Gasteiger partial charge in [-0.15, -0.1) is 0 Å². The monoisotopic (exact) mass is 141 g/mol. The average Bonchev–Trinajstić information content (AvgIpc) is 1.72. The summed E-state index contributed by atoms with van der Waals surface area (Å²) in [6, 6.07) is 0. The van der Waals surface area contributed by atoms with Crippen LogP contribution < -0.4 is 0 Å². The third-order valence-corrected chi connectivity index (χ3v) is 5.20. The summed E-state index contributed by atoms with van der Waals surface area (Å²) in [4.78, 5) is 0. The van der Waals surface area contributed by atoms with E-state index in [0.717, 1.165) is 0 Å². The topological polar surface area (TPSA) is 0 Å². The van der Waals surface area contributed by atoms with E-state index in [9.17, 15) is 0 Å². The Labute approximate surface area is 68.2 Å². The molecule has 0 saturated heterocycles. The van der Waals surface area contributed by atoms with Crippen molar-refractivity contribution in [1.29, 1.82) is 0 Å². The molecule has 0 atom stereocenters. The minimum Gasteiger partial charge on any atom is -0.0967 e. The predicted molar refractivity (Wildman–Crippen MR) is 43.0 cm³/mol. The summed E-state index contributed by atoms with van der Waals surface area (Å²) >= 11 is -0.171. The zero-order valence-corrected chi connectivity index (χ0v) is 8.59. The van der Waals surface area contributed by atoms with Crippen molar-refractivity contribution >= 4 is 31.5 Å². The zero-order valence-electron chi connectivity index (χ0n) is 6.28. The van der Waals surface area contributed by atoms with Gasteiger partial charge < -0.3 is 0 Å². The van der Waals surface area contributed by atoms with E-state index >= 15 is 0 Å². The van der Waals surface area contributed by atoms with Gasteiger partial charge in [0, 0.05) is 0 Å². The molecule has 0 heterocycles. The largest absolute Gasteiger partial charge is 3.00 e. The van der Waals surface area contributed by atoms with Crippen molar-refractivity contribution in [2.45, 2.75) is 36.6 Å². The third-order valence-electron chi connectivity index (χ3n) is 1.73. The van der Waals surface area contributed by atoms with Crippen molar-refractivity contribution in [2.24, 2.45) is 0 Å². The van der Waals surface area contributed by atoms with E-state index in [1.54, 1.807) is 0 Å². The van der Waals surface area contributed by atoms with Crippen LogP contribution in [0.2, 0.25) is 15.8 Å². The standard InChI is InChI=1S/3C2H5.2Al/c3*1-2;;/h3*1H2,2H3;;/q;;;;+3. The molecule has 0 aromatic rings. The maximum atomic E-state index is 2.32. The molecule has 0 bridgehead atoms. The molecule has 0 unspecified atom stereocenters. The summed E-state index contributed by atoms with van der Waals surface area (Å²) in [5.74, 6) is 0. The predicted octanol–water partition coefficient (Wildman–Crippen LogP) is 2.16. The second kappa shape index (κ2) is 8.06. The molecule has 8 heavy (non-hydrogen) atoms. The first kappa shape index (κ1) is 11.8. The van der Waals surface area contributed by atoms with Gasteiger partial charge in [-0.2, -0.15) is 0 Å². The Balaban J connectivity index is 0. The molecule has 42 valence electrons. The molecule has 0 aliphatic carbocycles. The first-order valence-corrected chi connectivity index (χ1v) is 5.80. The molecular formula is C6H15Al2+3. The van der Waals surface area contributed by atoms with Gasteiger partial charge in [-0.3, -0.25) is 0 Å². The summed E-state index contributed by atoms with van der Waals surface area (Å²) in [6.07, 6.45) is 0. The van der Waals surface area contributed by atoms with Crippen LogP contribution in [0, 0.1) is 0 Å². The van der Waals surface area contributed by atoms with Crippen LogP contribution in [-0.2, 0) is 0 Å². The molecule has 0 aromatic heterocycles. The second-order valence-corrected chi connectivity index (χ2v) is 6.27. The molecule has 0 fully saturated rings. The molecule has 0 spiro atoms. The molecule has 0 radical (unpaired) electrons. The first-order valence-electron chi connectivity index (χ1n) is 3.35. The van der Waals surface area contributed by atoms with E-state index in [1.165, 1.54) is 15.8 Å². The molecule has 0 saturated carbocycles. The Bertz CT molecular complexity index is 28.0. The van der Waals surface area contributed by atoms with Gasteiger partial charge in [-0.25, -0.2) is 0 Å². The number of hydrogen-bond acceptors (Lipinski definition) is 0. The number of rotatable bonds is 3. The number of hydrogen-bond donors (Lipinski definition) is 0. The van der Waals surface area contributed by atoms with Gasteiger partial charge in [0.2, 0.25) is 0 Å². The maximum Gasteiger partial charge on any atom is 3.00 e. The third kappa shape index (κ3) is 5.21. The summed E-state index contributed by atoms with van der Waals surface area (Å²) in [5, 5.41) is 4.48. The fraction of sp³-hybridized carbons (Fsp3) is 1.00. The van der Waals surface area contributed by atoms with Crippen molar-refractivity contribution in [1.82, 2.24) is 0 Å². The molecule has 0 aliphatic heterocycles. The Kier molecular flexibility index (Phi) is 11.9. The van der Waals surface area contributed by atoms with E-state index in [1.807, 2.05) is 0 Å². The van der Waals surface area contributed by atoms with E-state index in [0.29, 0.717) is 0 Å². The molecule has 0 amide bonds. The molecule has 2 heteroatoms. The minimum absolute atomic E-state index is 0. The Hall–Kier alpha value is 1.06. The normalized spacial score (nSPS) is 7.88. The average molecular weight is 141 g/mol. The van der Waals surface area contributed by atoms with Crippen molar-refractivity contribution in [3.8, 4) is 0 Å². The van der Waals surface area contributed by atoms with Crippen LogP contribution in [0.1, 0.15) is 20.8 Å². The SMILES string of the molecule is C[CH2][Al]([CH2]C)[CH2]C.[Al+3]. The van der Waals surface area contributed by atoms with Crippen LogP contribution in [-0.4, -0.2) is 31.5 Å². The summed E-state index contributed by atoms with van der Waals surface area (Å²) in [7, 11) is 0. The van der Waals surface area contributed by atoms with Gasteiger partial charge in [-0.05, 0) is 0 Å². The molecule has 0 N–H and O–H groups in total. The van der Waals surface area contributed by atoms with Crippen LogP contribution >= 0.6 is 0 Å². The minimum atomic E-state index is -0.171. The Morgan fingerprint density at radius 3 is 1.12 bits per heavy atom. The summed E-state index contributed by atoms with van der Waals surface area (Å²) in [6.45, 7) is 6.97. The Morgan fingerprint density at radius 2 is 1.12 bits per heavy atom. The van der Waals surface area contributed by atoms with E-state index in [2.05, 4.69) is 20.8 Å². The van der Waals surface area contributed by atoms with Crippen LogP contribution in [0.15, 0.2) is 0 Å². The van der Waals surface area contributed by atoms with Crippen LogP contribution in [0.25, 0.3) is 0 Å². The van der Waals surface area contributed by atoms with E-state index in [-0.39, 0.29) is 31.5 Å². The van der Waals surface area contributed by atoms with Gasteiger partial charge in [0.05, 0.1) is 0 Å². The Morgan fingerprint density at radius 1 is 0.875 bits per heavy atom. The maximum absolute atomic E-state index is 2.32. The summed E-state index contributed by atoms with van der Waals surface area (Å²) < 4.78 is 0. The van der Waals surface area contributed by atoms with Gasteiger partial charge in [-0.1, -0.05) is 36.6 Å². The van der Waals surface area contributed by atoms with Crippen LogP contribution in [0.4, 0.5) is 0 Å². The van der Waals surface area contributed by atoms with Crippen LogP contribution in [0.3, 0.4) is 0 Å². The zero-order chi connectivity index (χ0) is 5.70. The molecule has 0 aromatic carbocycles. The molecular weight excluding hydrogens is 126 g/mol. The first-order chi connectivity index (χ1) is 3.35. The van der Waals surface area contributed by atoms with Gasteiger partial charge in [0.15, 0.2) is 0 Å². The van der Waals surface area contributed by atoms with Crippen molar-refractivity contribution in [3.63, 3.8) is 0 Å². The molecule has 0 rings (SSSR count). The smallest absolute Gasteiger partial charge is 0.0967 e. The van der Waals surface area contributed by atoms with Gasteiger partial charge in [0.1, 0.15) is 0 Å². The van der Waals surface area contributed by atoms with Crippen molar-refractivity contribution in [3.05, 3.63) is 0 Å². The van der Waals surface area contributed by atoms with E-state index < -0.39 is 0 Å². The summed E-state index contributed by atoms with van der Waals surface area (Å²) in [5.41, 5.74) is 0. The molecule has 0 aliphatic rings. The van der Waals surface area contributed by atoms with Crippen molar-refractivity contribution in [2.75, 3.05) is 0 Å². The van der Waals surface area contributed by atoms with Crippen LogP contribution in [0.5, 0.6) is 0 Å². The van der Waals surface area contributed by atoms with E-state index in [4.69, 9.17) is 0 Å². The molecule has 0 nitrogen and oxygen atoms in total.